The number of amides is 1. The minimum Gasteiger partial charge on any atom is -0.355 e. The van der Waals surface area contributed by atoms with Gasteiger partial charge in [-0.25, -0.2) is 0 Å². The summed E-state index contributed by atoms with van der Waals surface area (Å²) in [7, 11) is 0. The Morgan fingerprint density at radius 3 is 2.37 bits per heavy atom. The third kappa shape index (κ3) is 3.14. The van der Waals surface area contributed by atoms with Crippen LogP contribution in [0.15, 0.2) is 11.0 Å². The Morgan fingerprint density at radius 2 is 1.74 bits per heavy atom. The topological polar surface area (TPSA) is 29.1 Å². The van der Waals surface area contributed by atoms with Crippen molar-refractivity contribution in [3.63, 3.8) is 0 Å². The fourth-order valence-electron chi connectivity index (χ4n) is 2.52. The molecule has 1 aromatic rings. The third-order valence-corrected chi connectivity index (χ3v) is 5.62. The van der Waals surface area contributed by atoms with Crippen molar-refractivity contribution in [2.45, 2.75) is 57.1 Å². The standard InChI is InChI=1S/C16H23NOS/c1-10-9-11(2)13(4)15(12(10)3)19-14-7-5-6-8-17-16(14)18/h9,14H,5-8H2,1-4H3,(H,17,18). The number of hydrogen-bond donors (Lipinski definition) is 1. The minimum absolute atomic E-state index is 0.0705. The van der Waals surface area contributed by atoms with Crippen LogP contribution >= 0.6 is 11.8 Å². The van der Waals surface area contributed by atoms with Crippen LogP contribution in [0, 0.1) is 27.7 Å². The SMILES string of the molecule is Cc1cc(C)c(C)c(SC2CCCCNC2=O)c1C. The molecule has 0 aliphatic carbocycles. The largest absolute Gasteiger partial charge is 0.355 e. The maximum absolute atomic E-state index is 12.1. The highest BCUT2D eigenvalue weighted by atomic mass is 32.2. The lowest BCUT2D eigenvalue weighted by Crippen LogP contribution is -2.30. The van der Waals surface area contributed by atoms with Crippen molar-refractivity contribution >= 4 is 17.7 Å². The number of benzene rings is 1. The van der Waals surface area contributed by atoms with E-state index in [0.717, 1.165) is 25.8 Å². The van der Waals surface area contributed by atoms with Gasteiger partial charge in [-0.1, -0.05) is 12.5 Å². The van der Waals surface area contributed by atoms with Crippen LogP contribution in [-0.4, -0.2) is 17.7 Å². The molecule has 1 fully saturated rings. The second-order valence-corrected chi connectivity index (χ2v) is 6.70. The molecule has 1 aliphatic heterocycles. The third-order valence-electron chi connectivity index (χ3n) is 4.04. The maximum atomic E-state index is 12.1. The van der Waals surface area contributed by atoms with Gasteiger partial charge in [-0.15, -0.1) is 11.8 Å². The lowest BCUT2D eigenvalue weighted by Gasteiger charge is -2.19. The Morgan fingerprint density at radius 1 is 1.11 bits per heavy atom. The van der Waals surface area contributed by atoms with Crippen LogP contribution in [0.3, 0.4) is 0 Å². The first kappa shape index (κ1) is 14.4. The predicted molar refractivity (Wildman–Crippen MR) is 81.9 cm³/mol. The Bertz CT molecular complexity index is 470. The molecule has 3 heteroatoms. The average Bonchev–Trinajstić information content (AvgIpc) is 2.57. The van der Waals surface area contributed by atoms with Gasteiger partial charge in [0.25, 0.3) is 0 Å². The van der Waals surface area contributed by atoms with E-state index < -0.39 is 0 Å². The van der Waals surface area contributed by atoms with E-state index in [1.165, 1.54) is 27.1 Å². The summed E-state index contributed by atoms with van der Waals surface area (Å²) in [6, 6.07) is 2.24. The van der Waals surface area contributed by atoms with E-state index in [9.17, 15) is 4.79 Å². The summed E-state index contributed by atoms with van der Waals surface area (Å²) in [5.41, 5.74) is 5.29. The van der Waals surface area contributed by atoms with Gasteiger partial charge in [0, 0.05) is 11.4 Å². The molecule has 19 heavy (non-hydrogen) atoms. The summed E-state index contributed by atoms with van der Waals surface area (Å²) in [4.78, 5) is 13.4. The van der Waals surface area contributed by atoms with Crippen LogP contribution in [0.4, 0.5) is 0 Å². The highest BCUT2D eigenvalue weighted by Crippen LogP contribution is 2.35. The van der Waals surface area contributed by atoms with Crippen LogP contribution < -0.4 is 5.32 Å². The van der Waals surface area contributed by atoms with E-state index in [-0.39, 0.29) is 11.2 Å². The first-order valence-corrected chi connectivity index (χ1v) is 7.90. The summed E-state index contributed by atoms with van der Waals surface area (Å²) in [6.45, 7) is 9.47. The number of aryl methyl sites for hydroxylation is 2. The van der Waals surface area contributed by atoms with E-state index in [0.29, 0.717) is 0 Å². The monoisotopic (exact) mass is 277 g/mol. The van der Waals surface area contributed by atoms with Crippen LogP contribution in [0.2, 0.25) is 0 Å². The van der Waals surface area contributed by atoms with Gasteiger partial charge >= 0.3 is 0 Å². The average molecular weight is 277 g/mol. The van der Waals surface area contributed by atoms with Gasteiger partial charge in [-0.05, 0) is 62.8 Å². The lowest BCUT2D eigenvalue weighted by atomic mass is 10.0. The van der Waals surface area contributed by atoms with Gasteiger partial charge in [-0.2, -0.15) is 0 Å². The molecule has 1 amide bonds. The maximum Gasteiger partial charge on any atom is 0.233 e. The Balaban J connectivity index is 2.29. The number of thioether (sulfide) groups is 1. The molecule has 1 N–H and O–H groups in total. The molecule has 1 heterocycles. The summed E-state index contributed by atoms with van der Waals surface area (Å²) in [5, 5.41) is 3.09. The van der Waals surface area contributed by atoms with E-state index >= 15 is 0 Å². The van der Waals surface area contributed by atoms with Crippen LogP contribution in [0.25, 0.3) is 0 Å². The molecule has 1 saturated heterocycles. The molecule has 1 aliphatic rings. The second kappa shape index (κ2) is 6.00. The zero-order valence-electron chi connectivity index (χ0n) is 12.3. The van der Waals surface area contributed by atoms with Gasteiger partial charge in [0.1, 0.15) is 0 Å². The summed E-state index contributed by atoms with van der Waals surface area (Å²) < 4.78 is 0. The van der Waals surface area contributed by atoms with Crippen molar-refractivity contribution < 1.29 is 4.79 Å². The molecule has 1 unspecified atom stereocenters. The van der Waals surface area contributed by atoms with Crippen molar-refractivity contribution in [2.75, 3.05) is 6.54 Å². The molecule has 0 bridgehead atoms. The first-order valence-electron chi connectivity index (χ1n) is 7.02. The summed E-state index contributed by atoms with van der Waals surface area (Å²) in [6.07, 6.45) is 3.23. The molecule has 0 spiro atoms. The van der Waals surface area contributed by atoms with E-state index in [4.69, 9.17) is 0 Å². The molecule has 1 aromatic carbocycles. The smallest absolute Gasteiger partial charge is 0.233 e. The molecule has 2 rings (SSSR count). The summed E-state index contributed by atoms with van der Waals surface area (Å²) in [5.74, 6) is 0.209. The van der Waals surface area contributed by atoms with Crippen molar-refractivity contribution in [1.29, 1.82) is 0 Å². The highest BCUT2D eigenvalue weighted by molar-refractivity contribution is 8.00. The number of carbonyl (C=O) groups is 1. The summed E-state index contributed by atoms with van der Waals surface area (Å²) >= 11 is 1.76. The molecule has 1 atom stereocenters. The van der Waals surface area contributed by atoms with E-state index in [1.807, 2.05) is 0 Å². The van der Waals surface area contributed by atoms with Gasteiger partial charge in [0.2, 0.25) is 5.91 Å². The van der Waals surface area contributed by atoms with Crippen LogP contribution in [0.1, 0.15) is 41.5 Å². The molecular weight excluding hydrogens is 254 g/mol. The zero-order chi connectivity index (χ0) is 14.0. The molecule has 104 valence electrons. The fraction of sp³-hybridized carbons (Fsp3) is 0.562. The van der Waals surface area contributed by atoms with Gasteiger partial charge < -0.3 is 5.32 Å². The van der Waals surface area contributed by atoms with Crippen molar-refractivity contribution in [1.82, 2.24) is 5.32 Å². The van der Waals surface area contributed by atoms with Crippen molar-refractivity contribution in [3.05, 3.63) is 28.3 Å². The Hall–Kier alpha value is -0.960. The molecule has 0 aromatic heterocycles. The van der Waals surface area contributed by atoms with Gasteiger partial charge in [-0.3, -0.25) is 4.79 Å². The number of hydrogen-bond acceptors (Lipinski definition) is 2. The number of rotatable bonds is 2. The van der Waals surface area contributed by atoms with Crippen molar-refractivity contribution in [3.8, 4) is 0 Å². The fourth-order valence-corrected chi connectivity index (χ4v) is 3.96. The molecular formula is C16H23NOS. The Labute approximate surface area is 120 Å². The minimum atomic E-state index is 0.0705. The van der Waals surface area contributed by atoms with Gasteiger partial charge in [0.15, 0.2) is 0 Å². The van der Waals surface area contributed by atoms with Crippen molar-refractivity contribution in [2.24, 2.45) is 0 Å². The normalized spacial score (nSPS) is 20.0. The number of carbonyl (C=O) groups excluding carboxylic acids is 1. The van der Waals surface area contributed by atoms with E-state index in [1.54, 1.807) is 11.8 Å². The van der Waals surface area contributed by atoms with Crippen LogP contribution in [-0.2, 0) is 4.79 Å². The molecule has 2 nitrogen and oxygen atoms in total. The zero-order valence-corrected chi connectivity index (χ0v) is 13.1. The van der Waals surface area contributed by atoms with Gasteiger partial charge in [0.05, 0.1) is 5.25 Å². The lowest BCUT2D eigenvalue weighted by molar-refractivity contribution is -0.120. The second-order valence-electron chi connectivity index (χ2n) is 5.48. The predicted octanol–water partition coefficient (Wildman–Crippen LogP) is 3.68. The first-order chi connectivity index (χ1) is 9.00. The molecule has 0 saturated carbocycles. The highest BCUT2D eigenvalue weighted by Gasteiger charge is 2.23. The van der Waals surface area contributed by atoms with Crippen LogP contribution in [0.5, 0.6) is 0 Å². The quantitative estimate of drug-likeness (QED) is 0.893. The van der Waals surface area contributed by atoms with E-state index in [2.05, 4.69) is 39.1 Å². The molecule has 0 radical (unpaired) electrons. The number of nitrogens with one attached hydrogen (secondary N) is 1. The Kier molecular flexibility index (Phi) is 4.56.